The highest BCUT2D eigenvalue weighted by molar-refractivity contribution is 5.94. The molecule has 0 aliphatic carbocycles. The number of aryl methyl sites for hydroxylation is 1. The van der Waals surface area contributed by atoms with Crippen LogP contribution in [0.3, 0.4) is 0 Å². The maximum Gasteiger partial charge on any atom is 0.253 e. The smallest absolute Gasteiger partial charge is 0.253 e. The summed E-state index contributed by atoms with van der Waals surface area (Å²) < 4.78 is 0. The summed E-state index contributed by atoms with van der Waals surface area (Å²) in [4.78, 5) is 27.9. The molecule has 3 rings (SSSR count). The summed E-state index contributed by atoms with van der Waals surface area (Å²) in [5, 5.41) is 2.81. The average molecular weight is 337 g/mol. The molecule has 0 atom stereocenters. The van der Waals surface area contributed by atoms with E-state index in [1.54, 1.807) is 0 Å². The molecule has 0 unspecified atom stereocenters. The van der Waals surface area contributed by atoms with Gasteiger partial charge in [-0.25, -0.2) is 0 Å². The number of nitrogens with zero attached hydrogens (tertiary/aromatic N) is 2. The van der Waals surface area contributed by atoms with E-state index in [0.717, 1.165) is 35.6 Å². The highest BCUT2D eigenvalue weighted by Gasteiger charge is 2.22. The molecule has 1 fully saturated rings. The highest BCUT2D eigenvalue weighted by atomic mass is 16.2. The minimum Gasteiger partial charge on any atom is -0.368 e. The normalized spacial score (nSPS) is 14.3. The second-order valence-corrected chi connectivity index (χ2v) is 6.38. The van der Waals surface area contributed by atoms with Gasteiger partial charge in [0.2, 0.25) is 5.91 Å². The summed E-state index contributed by atoms with van der Waals surface area (Å²) in [7, 11) is 0. The molecule has 1 N–H and O–H groups in total. The number of hydrogen-bond acceptors (Lipinski definition) is 3. The first-order valence-corrected chi connectivity index (χ1v) is 8.51. The van der Waals surface area contributed by atoms with Crippen molar-refractivity contribution in [3.63, 3.8) is 0 Å². The van der Waals surface area contributed by atoms with Gasteiger partial charge in [-0.1, -0.05) is 23.8 Å². The standard InChI is InChI=1S/C20H23N3O2/c1-15-6-8-17(9-7-15)20(25)23-12-10-22(11-13-23)19-5-3-4-18(14-19)21-16(2)24/h3-9,14H,10-13H2,1-2H3,(H,21,24). The number of piperazine rings is 1. The van der Waals surface area contributed by atoms with E-state index in [4.69, 9.17) is 0 Å². The minimum absolute atomic E-state index is 0.0781. The maximum atomic E-state index is 12.6. The Kier molecular flexibility index (Phi) is 5.03. The maximum absolute atomic E-state index is 12.6. The van der Waals surface area contributed by atoms with Gasteiger partial charge in [-0.3, -0.25) is 9.59 Å². The Labute approximate surface area is 148 Å². The van der Waals surface area contributed by atoms with Crippen LogP contribution in [0.5, 0.6) is 0 Å². The number of amides is 2. The van der Waals surface area contributed by atoms with E-state index in [1.165, 1.54) is 6.92 Å². The third-order valence-electron chi connectivity index (χ3n) is 4.40. The number of rotatable bonds is 3. The van der Waals surface area contributed by atoms with Gasteiger partial charge in [-0.15, -0.1) is 0 Å². The Hall–Kier alpha value is -2.82. The Morgan fingerprint density at radius 2 is 1.64 bits per heavy atom. The molecule has 0 spiro atoms. The Balaban J connectivity index is 1.62. The molecule has 0 bridgehead atoms. The average Bonchev–Trinajstić information content (AvgIpc) is 2.62. The fourth-order valence-electron chi connectivity index (χ4n) is 3.03. The topological polar surface area (TPSA) is 52.7 Å². The number of benzene rings is 2. The van der Waals surface area contributed by atoms with Crippen LogP contribution in [0.2, 0.25) is 0 Å². The lowest BCUT2D eigenvalue weighted by atomic mass is 10.1. The number of nitrogens with one attached hydrogen (secondary N) is 1. The molecule has 0 radical (unpaired) electrons. The predicted octanol–water partition coefficient (Wildman–Crippen LogP) is 2.92. The molecule has 0 saturated carbocycles. The number of carbonyl (C=O) groups is 2. The van der Waals surface area contributed by atoms with Crippen molar-refractivity contribution in [1.29, 1.82) is 0 Å². The summed E-state index contributed by atoms with van der Waals surface area (Å²) >= 11 is 0. The van der Waals surface area contributed by atoms with Crippen molar-refractivity contribution in [2.45, 2.75) is 13.8 Å². The first-order chi connectivity index (χ1) is 12.0. The summed E-state index contributed by atoms with van der Waals surface area (Å²) in [6, 6.07) is 15.5. The first kappa shape index (κ1) is 17.0. The third kappa shape index (κ3) is 4.18. The zero-order chi connectivity index (χ0) is 17.8. The second-order valence-electron chi connectivity index (χ2n) is 6.38. The lowest BCUT2D eigenvalue weighted by Crippen LogP contribution is -2.48. The van der Waals surface area contributed by atoms with E-state index in [0.29, 0.717) is 13.1 Å². The fourth-order valence-corrected chi connectivity index (χ4v) is 3.03. The Morgan fingerprint density at radius 1 is 0.960 bits per heavy atom. The largest absolute Gasteiger partial charge is 0.368 e. The van der Waals surface area contributed by atoms with Gasteiger partial charge >= 0.3 is 0 Å². The van der Waals surface area contributed by atoms with Crippen molar-refractivity contribution >= 4 is 23.2 Å². The van der Waals surface area contributed by atoms with Gasteiger partial charge in [0, 0.05) is 50.0 Å². The second kappa shape index (κ2) is 7.38. The van der Waals surface area contributed by atoms with Crippen molar-refractivity contribution in [3.05, 3.63) is 59.7 Å². The lowest BCUT2D eigenvalue weighted by molar-refractivity contribution is -0.114. The van der Waals surface area contributed by atoms with Crippen LogP contribution in [-0.4, -0.2) is 42.9 Å². The van der Waals surface area contributed by atoms with E-state index in [9.17, 15) is 9.59 Å². The summed E-state index contributed by atoms with van der Waals surface area (Å²) in [6.07, 6.45) is 0. The highest BCUT2D eigenvalue weighted by Crippen LogP contribution is 2.21. The third-order valence-corrected chi connectivity index (χ3v) is 4.40. The fraction of sp³-hybridized carbons (Fsp3) is 0.300. The van der Waals surface area contributed by atoms with E-state index in [-0.39, 0.29) is 11.8 Å². The Morgan fingerprint density at radius 3 is 2.28 bits per heavy atom. The van der Waals surface area contributed by atoms with Crippen LogP contribution in [0.4, 0.5) is 11.4 Å². The van der Waals surface area contributed by atoms with E-state index < -0.39 is 0 Å². The molecule has 5 nitrogen and oxygen atoms in total. The molecule has 1 aliphatic rings. The molecular formula is C20H23N3O2. The number of hydrogen-bond donors (Lipinski definition) is 1. The van der Waals surface area contributed by atoms with Crippen LogP contribution in [0, 0.1) is 6.92 Å². The van der Waals surface area contributed by atoms with Gasteiger partial charge in [0.05, 0.1) is 0 Å². The molecule has 2 amide bonds. The van der Waals surface area contributed by atoms with Crippen molar-refractivity contribution in [2.24, 2.45) is 0 Å². The van der Waals surface area contributed by atoms with Crippen molar-refractivity contribution in [3.8, 4) is 0 Å². The van der Waals surface area contributed by atoms with Crippen LogP contribution in [0.25, 0.3) is 0 Å². The van der Waals surface area contributed by atoms with Gasteiger partial charge in [0.15, 0.2) is 0 Å². The molecule has 2 aromatic carbocycles. The molecule has 2 aromatic rings. The zero-order valence-electron chi connectivity index (χ0n) is 14.7. The van der Waals surface area contributed by atoms with E-state index in [1.807, 2.05) is 60.4 Å². The molecule has 1 heterocycles. The summed E-state index contributed by atoms with van der Waals surface area (Å²) in [5.74, 6) is 0.0114. The molecule has 25 heavy (non-hydrogen) atoms. The number of anilines is 2. The summed E-state index contributed by atoms with van der Waals surface area (Å²) in [5.41, 5.74) is 3.75. The van der Waals surface area contributed by atoms with Crippen molar-refractivity contribution < 1.29 is 9.59 Å². The van der Waals surface area contributed by atoms with Crippen molar-refractivity contribution in [2.75, 3.05) is 36.4 Å². The van der Waals surface area contributed by atoms with Gasteiger partial charge in [-0.2, -0.15) is 0 Å². The van der Waals surface area contributed by atoms with Gasteiger partial charge in [-0.05, 0) is 37.3 Å². The van der Waals surface area contributed by atoms with Gasteiger partial charge < -0.3 is 15.1 Å². The molecule has 5 heteroatoms. The SMILES string of the molecule is CC(=O)Nc1cccc(N2CCN(C(=O)c3ccc(C)cc3)CC2)c1. The molecule has 0 aromatic heterocycles. The molecule has 1 saturated heterocycles. The monoisotopic (exact) mass is 337 g/mol. The van der Waals surface area contributed by atoms with Gasteiger partial charge in [0.1, 0.15) is 0 Å². The zero-order valence-corrected chi connectivity index (χ0v) is 14.7. The predicted molar refractivity (Wildman–Crippen MR) is 100 cm³/mol. The first-order valence-electron chi connectivity index (χ1n) is 8.51. The van der Waals surface area contributed by atoms with Crippen LogP contribution in [0.15, 0.2) is 48.5 Å². The quantitative estimate of drug-likeness (QED) is 0.937. The van der Waals surface area contributed by atoms with Crippen LogP contribution >= 0.6 is 0 Å². The molecule has 130 valence electrons. The van der Waals surface area contributed by atoms with E-state index in [2.05, 4.69) is 10.2 Å². The van der Waals surface area contributed by atoms with Crippen LogP contribution < -0.4 is 10.2 Å². The van der Waals surface area contributed by atoms with Gasteiger partial charge in [0.25, 0.3) is 5.91 Å². The lowest BCUT2D eigenvalue weighted by Gasteiger charge is -2.36. The van der Waals surface area contributed by atoms with Crippen LogP contribution in [0.1, 0.15) is 22.8 Å². The number of carbonyl (C=O) groups excluding carboxylic acids is 2. The van der Waals surface area contributed by atoms with Crippen molar-refractivity contribution in [1.82, 2.24) is 4.90 Å². The molecule has 1 aliphatic heterocycles. The summed E-state index contributed by atoms with van der Waals surface area (Å²) in [6.45, 7) is 6.46. The van der Waals surface area contributed by atoms with E-state index >= 15 is 0 Å². The Bertz CT molecular complexity index is 763. The molecular weight excluding hydrogens is 314 g/mol. The minimum atomic E-state index is -0.0781. The van der Waals surface area contributed by atoms with Crippen LogP contribution in [-0.2, 0) is 4.79 Å².